The fraction of sp³-hybridized carbons (Fsp3) is 0.364. The lowest BCUT2D eigenvalue weighted by Gasteiger charge is -2.42. The van der Waals surface area contributed by atoms with Gasteiger partial charge in [-0.2, -0.15) is 0 Å². The van der Waals surface area contributed by atoms with Gasteiger partial charge >= 0.3 is 0 Å². The van der Waals surface area contributed by atoms with Crippen LogP contribution in [0.4, 0.5) is 18.9 Å². The summed E-state index contributed by atoms with van der Waals surface area (Å²) < 4.78 is 40.4. The van der Waals surface area contributed by atoms with Crippen LogP contribution < -0.4 is 10.2 Å². The van der Waals surface area contributed by atoms with Crippen molar-refractivity contribution in [2.24, 2.45) is 0 Å². The van der Waals surface area contributed by atoms with E-state index < -0.39 is 42.1 Å². The number of alkyl halides is 2. The van der Waals surface area contributed by atoms with Crippen LogP contribution in [0.15, 0.2) is 42.5 Å². The average Bonchev–Trinajstić information content (AvgIpc) is 3.03. The Bertz CT molecular complexity index is 970. The Hall–Kier alpha value is -2.83. The smallest absolute Gasteiger partial charge is 0.252 e. The van der Waals surface area contributed by atoms with E-state index in [1.807, 2.05) is 13.0 Å². The molecular weight excluding hydrogens is 381 g/mol. The zero-order valence-corrected chi connectivity index (χ0v) is 15.9. The molecule has 0 aliphatic heterocycles. The number of anilines is 1. The van der Waals surface area contributed by atoms with Gasteiger partial charge in [0.2, 0.25) is 6.41 Å². The normalized spacial score (nSPS) is 22.5. The molecule has 2 aromatic carbocycles. The Morgan fingerprint density at radius 1 is 1.21 bits per heavy atom. The van der Waals surface area contributed by atoms with Crippen LogP contribution in [0.2, 0.25) is 0 Å². The Morgan fingerprint density at radius 3 is 2.59 bits per heavy atom. The third kappa shape index (κ3) is 3.18. The molecular formula is C22H21F3N2O2. The van der Waals surface area contributed by atoms with Crippen LogP contribution in [0.1, 0.15) is 36.0 Å². The Kier molecular flexibility index (Phi) is 4.63. The standard InChI is InChI=1S/C22H21F3N2O2/c1-14-4-2-7-19-18(14)8-9-22(19,20(29)26-16-11-21(24,25)12-16)27(13-28)17-6-3-5-15(23)10-17/h2-7,10,13,16H,8-9,11-12H2,1H3,(H,26,29). The molecule has 0 saturated heterocycles. The summed E-state index contributed by atoms with van der Waals surface area (Å²) in [6.45, 7) is 1.92. The first kappa shape index (κ1) is 19.5. The van der Waals surface area contributed by atoms with E-state index in [1.165, 1.54) is 23.1 Å². The molecule has 1 unspecified atom stereocenters. The number of aryl methyl sites for hydroxylation is 1. The van der Waals surface area contributed by atoms with Gasteiger partial charge in [0.1, 0.15) is 5.82 Å². The van der Waals surface area contributed by atoms with E-state index in [0.29, 0.717) is 18.4 Å². The number of amides is 2. The highest BCUT2D eigenvalue weighted by Gasteiger charge is 2.53. The van der Waals surface area contributed by atoms with Crippen molar-refractivity contribution in [3.05, 3.63) is 65.0 Å². The molecule has 29 heavy (non-hydrogen) atoms. The average molecular weight is 402 g/mol. The molecule has 1 fully saturated rings. The minimum atomic E-state index is -2.78. The number of carbonyl (C=O) groups is 2. The fourth-order valence-electron chi connectivity index (χ4n) is 4.52. The van der Waals surface area contributed by atoms with Crippen molar-refractivity contribution in [1.29, 1.82) is 0 Å². The molecule has 4 nitrogen and oxygen atoms in total. The van der Waals surface area contributed by atoms with E-state index in [4.69, 9.17) is 0 Å². The monoisotopic (exact) mass is 402 g/mol. The van der Waals surface area contributed by atoms with Crippen LogP contribution in [0.5, 0.6) is 0 Å². The topological polar surface area (TPSA) is 49.4 Å². The molecule has 1 saturated carbocycles. The summed E-state index contributed by atoms with van der Waals surface area (Å²) in [5, 5.41) is 2.70. The first-order valence-electron chi connectivity index (χ1n) is 9.55. The molecule has 2 aliphatic carbocycles. The molecule has 2 amide bonds. The molecule has 7 heteroatoms. The Morgan fingerprint density at radius 2 is 1.93 bits per heavy atom. The molecule has 0 bridgehead atoms. The molecule has 0 aromatic heterocycles. The van der Waals surface area contributed by atoms with Gasteiger partial charge in [0.15, 0.2) is 5.54 Å². The first-order valence-corrected chi connectivity index (χ1v) is 9.55. The number of halogens is 3. The van der Waals surface area contributed by atoms with Gasteiger partial charge < -0.3 is 5.32 Å². The molecule has 1 atom stereocenters. The zero-order chi connectivity index (χ0) is 20.8. The maximum absolute atomic E-state index is 13.9. The van der Waals surface area contributed by atoms with E-state index >= 15 is 0 Å². The summed E-state index contributed by atoms with van der Waals surface area (Å²) in [4.78, 5) is 26.9. The lowest BCUT2D eigenvalue weighted by atomic mass is 9.84. The number of hydrogen-bond acceptors (Lipinski definition) is 2. The highest BCUT2D eigenvalue weighted by molar-refractivity contribution is 5.98. The summed E-state index contributed by atoms with van der Waals surface area (Å²) in [5.74, 6) is -3.83. The van der Waals surface area contributed by atoms with Crippen molar-refractivity contribution in [1.82, 2.24) is 5.32 Å². The SMILES string of the molecule is Cc1cccc2c1CCC2(C(=O)NC1CC(F)(F)C1)N(C=O)c1cccc(F)c1. The predicted molar refractivity (Wildman–Crippen MR) is 102 cm³/mol. The number of rotatable bonds is 5. The highest BCUT2D eigenvalue weighted by atomic mass is 19.3. The van der Waals surface area contributed by atoms with E-state index in [1.54, 1.807) is 18.2 Å². The molecule has 4 rings (SSSR count). The largest absolute Gasteiger partial charge is 0.351 e. The van der Waals surface area contributed by atoms with Crippen LogP contribution in [0, 0.1) is 12.7 Å². The first-order chi connectivity index (χ1) is 13.8. The van der Waals surface area contributed by atoms with Gasteiger partial charge in [-0.3, -0.25) is 14.5 Å². The third-order valence-electron chi connectivity index (χ3n) is 6.00. The minimum Gasteiger partial charge on any atom is -0.351 e. The van der Waals surface area contributed by atoms with Gasteiger partial charge in [-0.15, -0.1) is 0 Å². The van der Waals surface area contributed by atoms with Crippen LogP contribution in [-0.2, 0) is 21.5 Å². The van der Waals surface area contributed by atoms with Gasteiger partial charge in [-0.05, 0) is 54.7 Å². The maximum Gasteiger partial charge on any atom is 0.252 e. The Labute approximate surface area is 166 Å². The number of benzene rings is 2. The predicted octanol–water partition coefficient (Wildman–Crippen LogP) is 3.85. The summed E-state index contributed by atoms with van der Waals surface area (Å²) >= 11 is 0. The van der Waals surface area contributed by atoms with Crippen molar-refractivity contribution >= 4 is 18.0 Å². The van der Waals surface area contributed by atoms with Crippen molar-refractivity contribution in [2.75, 3.05) is 4.90 Å². The lowest BCUT2D eigenvalue weighted by molar-refractivity contribution is -0.135. The van der Waals surface area contributed by atoms with E-state index in [0.717, 1.165) is 11.1 Å². The van der Waals surface area contributed by atoms with E-state index in [-0.39, 0.29) is 12.1 Å². The maximum atomic E-state index is 13.9. The minimum absolute atomic E-state index is 0.239. The summed E-state index contributed by atoms with van der Waals surface area (Å²) in [7, 11) is 0. The molecule has 152 valence electrons. The molecule has 0 radical (unpaired) electrons. The molecule has 0 heterocycles. The quantitative estimate of drug-likeness (QED) is 0.773. The van der Waals surface area contributed by atoms with Gasteiger partial charge in [0.05, 0.1) is 0 Å². The summed E-state index contributed by atoms with van der Waals surface area (Å²) in [5.41, 5.74) is 1.41. The van der Waals surface area contributed by atoms with E-state index in [2.05, 4.69) is 5.32 Å². The molecule has 2 aliphatic rings. The van der Waals surface area contributed by atoms with Gasteiger partial charge in [-0.25, -0.2) is 13.2 Å². The number of nitrogens with zero attached hydrogens (tertiary/aromatic N) is 1. The van der Waals surface area contributed by atoms with Crippen LogP contribution in [0.25, 0.3) is 0 Å². The second-order valence-corrected chi connectivity index (χ2v) is 7.85. The van der Waals surface area contributed by atoms with Crippen LogP contribution in [0.3, 0.4) is 0 Å². The molecule has 0 spiro atoms. The van der Waals surface area contributed by atoms with Crippen molar-refractivity contribution in [2.45, 2.75) is 50.1 Å². The van der Waals surface area contributed by atoms with Gasteiger partial charge in [-0.1, -0.05) is 24.3 Å². The van der Waals surface area contributed by atoms with Crippen LogP contribution in [-0.4, -0.2) is 24.3 Å². The van der Waals surface area contributed by atoms with Crippen molar-refractivity contribution < 1.29 is 22.8 Å². The van der Waals surface area contributed by atoms with Gasteiger partial charge in [0, 0.05) is 24.6 Å². The number of fused-ring (bicyclic) bond motifs is 1. The number of hydrogen-bond donors (Lipinski definition) is 1. The van der Waals surface area contributed by atoms with E-state index in [9.17, 15) is 22.8 Å². The van der Waals surface area contributed by atoms with Gasteiger partial charge in [0.25, 0.3) is 11.8 Å². The molecule has 1 N–H and O–H groups in total. The zero-order valence-electron chi connectivity index (χ0n) is 15.9. The number of nitrogens with one attached hydrogen (secondary N) is 1. The fourth-order valence-corrected chi connectivity index (χ4v) is 4.52. The van der Waals surface area contributed by atoms with Crippen LogP contribution >= 0.6 is 0 Å². The number of carbonyl (C=O) groups excluding carboxylic acids is 2. The second-order valence-electron chi connectivity index (χ2n) is 7.85. The van der Waals surface area contributed by atoms with Crippen molar-refractivity contribution in [3.63, 3.8) is 0 Å². The second kappa shape index (κ2) is 6.90. The van der Waals surface area contributed by atoms with Crippen molar-refractivity contribution in [3.8, 4) is 0 Å². The molecule has 2 aromatic rings. The summed E-state index contributed by atoms with van der Waals surface area (Å²) in [6.07, 6.45) is 0.515. The Balaban J connectivity index is 1.80. The lowest BCUT2D eigenvalue weighted by Crippen LogP contribution is -2.60. The summed E-state index contributed by atoms with van der Waals surface area (Å²) in [6, 6.07) is 10.3. The third-order valence-corrected chi connectivity index (χ3v) is 6.00. The highest BCUT2D eigenvalue weighted by Crippen LogP contribution is 2.46.